The largest absolute Gasteiger partial charge is 0.478 e. The van der Waals surface area contributed by atoms with Crippen LogP contribution in [0.15, 0.2) is 30.5 Å². The molecule has 0 aliphatic rings. The van der Waals surface area contributed by atoms with Crippen LogP contribution in [-0.2, 0) is 12.7 Å². The van der Waals surface area contributed by atoms with Gasteiger partial charge in [0.2, 0.25) is 0 Å². The lowest BCUT2D eigenvalue weighted by atomic mass is 10.0. The molecule has 0 saturated heterocycles. The zero-order valence-corrected chi connectivity index (χ0v) is 12.6. The molecule has 6 nitrogen and oxygen atoms in total. The molecule has 0 unspecified atom stereocenters. The van der Waals surface area contributed by atoms with Crippen molar-refractivity contribution in [1.29, 1.82) is 0 Å². The number of rotatable bonds is 5. The highest BCUT2D eigenvalue weighted by Gasteiger charge is 2.36. The van der Waals surface area contributed by atoms with E-state index in [-0.39, 0.29) is 5.82 Å². The van der Waals surface area contributed by atoms with Crippen LogP contribution in [0.1, 0.15) is 39.6 Å². The van der Waals surface area contributed by atoms with Gasteiger partial charge in [-0.05, 0) is 24.6 Å². The average Bonchev–Trinajstić information content (AvgIpc) is 2.93. The van der Waals surface area contributed by atoms with E-state index < -0.39 is 34.7 Å². The highest BCUT2D eigenvalue weighted by Crippen LogP contribution is 2.33. The van der Waals surface area contributed by atoms with Crippen molar-refractivity contribution in [2.75, 3.05) is 5.32 Å². The van der Waals surface area contributed by atoms with E-state index in [9.17, 15) is 22.8 Å². The normalized spacial score (nSPS) is 11.3. The Morgan fingerprint density at radius 3 is 2.58 bits per heavy atom. The van der Waals surface area contributed by atoms with Crippen LogP contribution in [0.5, 0.6) is 0 Å². The Hall–Kier alpha value is -2.84. The minimum Gasteiger partial charge on any atom is -0.478 e. The van der Waals surface area contributed by atoms with Gasteiger partial charge in [-0.1, -0.05) is 6.92 Å². The van der Waals surface area contributed by atoms with E-state index in [2.05, 4.69) is 10.4 Å². The number of carboxylic acids is 1. The molecule has 0 spiro atoms. The number of aromatic nitrogens is 2. The molecule has 0 aliphatic heterocycles. The summed E-state index contributed by atoms with van der Waals surface area (Å²) in [7, 11) is 0. The number of hydrogen-bond donors (Lipinski definition) is 2. The van der Waals surface area contributed by atoms with Crippen LogP contribution in [0.25, 0.3) is 0 Å². The number of halogens is 3. The first-order chi connectivity index (χ1) is 11.2. The fourth-order valence-electron chi connectivity index (χ4n) is 2.08. The van der Waals surface area contributed by atoms with Crippen LogP contribution in [0.2, 0.25) is 0 Å². The van der Waals surface area contributed by atoms with Gasteiger partial charge in [0.25, 0.3) is 5.91 Å². The van der Waals surface area contributed by atoms with Gasteiger partial charge in [-0.15, -0.1) is 0 Å². The van der Waals surface area contributed by atoms with Gasteiger partial charge >= 0.3 is 12.1 Å². The zero-order chi connectivity index (χ0) is 17.9. The van der Waals surface area contributed by atoms with Crippen LogP contribution >= 0.6 is 0 Å². The average molecular weight is 341 g/mol. The van der Waals surface area contributed by atoms with Crippen molar-refractivity contribution in [1.82, 2.24) is 9.78 Å². The third-order valence-electron chi connectivity index (χ3n) is 3.15. The summed E-state index contributed by atoms with van der Waals surface area (Å²) in [6.45, 7) is 2.54. The number of anilines is 1. The molecule has 0 bridgehead atoms. The lowest BCUT2D eigenvalue weighted by Gasteiger charge is -2.13. The number of carboxylic acid groups (broad SMARTS) is 1. The lowest BCUT2D eigenvalue weighted by molar-refractivity contribution is -0.137. The van der Waals surface area contributed by atoms with Crippen molar-refractivity contribution in [2.45, 2.75) is 26.1 Å². The Balaban J connectivity index is 2.32. The molecule has 0 radical (unpaired) electrons. The van der Waals surface area contributed by atoms with Gasteiger partial charge in [0, 0.05) is 18.8 Å². The molecule has 2 rings (SSSR count). The number of amides is 1. The van der Waals surface area contributed by atoms with Crippen molar-refractivity contribution in [3.63, 3.8) is 0 Å². The first-order valence-electron chi connectivity index (χ1n) is 7.01. The molecular weight excluding hydrogens is 327 g/mol. The van der Waals surface area contributed by atoms with Gasteiger partial charge in [-0.25, -0.2) is 4.79 Å². The van der Waals surface area contributed by atoms with Crippen molar-refractivity contribution in [3.8, 4) is 0 Å². The molecule has 2 N–H and O–H groups in total. The predicted molar refractivity (Wildman–Crippen MR) is 78.9 cm³/mol. The maximum Gasteiger partial charge on any atom is 0.417 e. The van der Waals surface area contributed by atoms with E-state index >= 15 is 0 Å². The molecular formula is C15H14F3N3O3. The van der Waals surface area contributed by atoms with Crippen LogP contribution in [0.4, 0.5) is 19.0 Å². The van der Waals surface area contributed by atoms with E-state index in [0.29, 0.717) is 12.6 Å². The minimum atomic E-state index is -4.86. The van der Waals surface area contributed by atoms with Crippen molar-refractivity contribution in [3.05, 3.63) is 47.2 Å². The first kappa shape index (κ1) is 17.5. The summed E-state index contributed by atoms with van der Waals surface area (Å²) in [6, 6.07) is 3.69. The van der Waals surface area contributed by atoms with E-state index in [1.165, 1.54) is 6.07 Å². The second-order valence-corrected chi connectivity index (χ2v) is 4.98. The maximum absolute atomic E-state index is 13.1. The molecule has 9 heteroatoms. The highest BCUT2D eigenvalue weighted by atomic mass is 19.4. The number of alkyl halides is 3. The smallest absolute Gasteiger partial charge is 0.417 e. The third kappa shape index (κ3) is 3.92. The van der Waals surface area contributed by atoms with E-state index in [1.807, 2.05) is 6.92 Å². The highest BCUT2D eigenvalue weighted by molar-refractivity contribution is 6.05. The van der Waals surface area contributed by atoms with Gasteiger partial charge in [0.15, 0.2) is 5.82 Å². The zero-order valence-electron chi connectivity index (χ0n) is 12.6. The van der Waals surface area contributed by atoms with Crippen molar-refractivity contribution >= 4 is 17.7 Å². The number of aryl methyl sites for hydroxylation is 1. The molecule has 0 saturated carbocycles. The van der Waals surface area contributed by atoms with Gasteiger partial charge in [-0.3, -0.25) is 9.48 Å². The summed E-state index contributed by atoms with van der Waals surface area (Å²) in [6.07, 6.45) is -2.46. The summed E-state index contributed by atoms with van der Waals surface area (Å²) >= 11 is 0. The fourth-order valence-corrected chi connectivity index (χ4v) is 2.08. The van der Waals surface area contributed by atoms with Gasteiger partial charge in [0.1, 0.15) is 0 Å². The van der Waals surface area contributed by atoms with E-state index in [4.69, 9.17) is 5.11 Å². The Morgan fingerprint density at radius 2 is 2.00 bits per heavy atom. The van der Waals surface area contributed by atoms with Crippen LogP contribution in [0, 0.1) is 0 Å². The standard InChI is InChI=1S/C15H14F3N3O3/c1-2-6-21-7-5-12(20-21)19-13(22)10-4-3-9(14(23)24)8-11(10)15(16,17)18/h3-5,7-8H,2,6H2,1H3,(H,23,24)(H,19,20,22). The van der Waals surface area contributed by atoms with E-state index in [1.54, 1.807) is 10.9 Å². The summed E-state index contributed by atoms with van der Waals surface area (Å²) in [4.78, 5) is 23.0. The number of nitrogens with zero attached hydrogens (tertiary/aromatic N) is 2. The molecule has 0 atom stereocenters. The number of benzene rings is 1. The van der Waals surface area contributed by atoms with Gasteiger partial charge in [-0.2, -0.15) is 18.3 Å². The topological polar surface area (TPSA) is 84.2 Å². The van der Waals surface area contributed by atoms with Gasteiger partial charge in [0.05, 0.1) is 16.7 Å². The van der Waals surface area contributed by atoms with Crippen LogP contribution < -0.4 is 5.32 Å². The van der Waals surface area contributed by atoms with Gasteiger partial charge < -0.3 is 10.4 Å². The Morgan fingerprint density at radius 1 is 1.29 bits per heavy atom. The number of nitrogens with one attached hydrogen (secondary N) is 1. The first-order valence-corrected chi connectivity index (χ1v) is 7.01. The Bertz CT molecular complexity index is 769. The number of aromatic carboxylic acids is 1. The molecule has 2 aromatic rings. The summed E-state index contributed by atoms with van der Waals surface area (Å²) in [5.41, 5.74) is -2.53. The summed E-state index contributed by atoms with van der Waals surface area (Å²) < 4.78 is 40.9. The maximum atomic E-state index is 13.1. The molecule has 0 fully saturated rings. The molecule has 128 valence electrons. The van der Waals surface area contributed by atoms with Crippen molar-refractivity contribution < 1.29 is 27.9 Å². The quantitative estimate of drug-likeness (QED) is 0.874. The molecule has 1 heterocycles. The summed E-state index contributed by atoms with van der Waals surface area (Å²) in [5.74, 6) is -2.41. The molecule has 1 amide bonds. The Kier molecular flexibility index (Phi) is 4.91. The second-order valence-electron chi connectivity index (χ2n) is 4.98. The SMILES string of the molecule is CCCn1ccc(NC(=O)c2ccc(C(=O)O)cc2C(F)(F)F)n1. The number of carbonyl (C=O) groups is 2. The fraction of sp³-hybridized carbons (Fsp3) is 0.267. The lowest BCUT2D eigenvalue weighted by Crippen LogP contribution is -2.20. The van der Waals surface area contributed by atoms with Crippen LogP contribution in [0.3, 0.4) is 0 Å². The second kappa shape index (κ2) is 6.73. The number of carbonyl (C=O) groups excluding carboxylic acids is 1. The monoisotopic (exact) mass is 341 g/mol. The predicted octanol–water partition coefficient (Wildman–Crippen LogP) is 3.26. The van der Waals surface area contributed by atoms with Crippen LogP contribution in [-0.4, -0.2) is 26.8 Å². The van der Waals surface area contributed by atoms with Crippen molar-refractivity contribution in [2.24, 2.45) is 0 Å². The number of hydrogen-bond acceptors (Lipinski definition) is 3. The third-order valence-corrected chi connectivity index (χ3v) is 3.15. The van der Waals surface area contributed by atoms with E-state index in [0.717, 1.165) is 18.6 Å². The summed E-state index contributed by atoms with van der Waals surface area (Å²) in [5, 5.41) is 15.1. The minimum absolute atomic E-state index is 0.115. The Labute approximate surface area is 134 Å². The molecule has 1 aromatic heterocycles. The molecule has 24 heavy (non-hydrogen) atoms. The molecule has 0 aliphatic carbocycles. The molecule has 1 aromatic carbocycles.